The molecule has 0 spiro atoms. The highest BCUT2D eigenvalue weighted by Crippen LogP contribution is 1.94. The number of cyclic esters (lactones) is 1. The number of hydrogen-bond donors (Lipinski definition) is 0. The van der Waals surface area contributed by atoms with Crippen molar-refractivity contribution in [1.29, 1.82) is 0 Å². The maximum absolute atomic E-state index is 10.2. The molecule has 0 fully saturated rings. The van der Waals surface area contributed by atoms with Gasteiger partial charge < -0.3 is 4.74 Å². The van der Waals surface area contributed by atoms with Crippen molar-refractivity contribution in [2.24, 2.45) is 0 Å². The van der Waals surface area contributed by atoms with E-state index in [-0.39, 0.29) is 5.97 Å². The lowest BCUT2D eigenvalue weighted by atomic mass is 10.3. The van der Waals surface area contributed by atoms with Crippen LogP contribution in [-0.4, -0.2) is 12.6 Å². The lowest BCUT2D eigenvalue weighted by molar-refractivity contribution is -0.138. The largest absolute Gasteiger partial charge is 0.462 e. The molecular weight excluding hydrogens is 200 g/mol. The number of carbonyl (C=O) groups is 1. The molecule has 0 bridgehead atoms. The molecule has 0 N–H and O–H groups in total. The van der Waals surface area contributed by atoms with Crippen molar-refractivity contribution in [3.05, 3.63) is 49.1 Å². The Hall–Kier alpha value is -1.57. The monoisotopic (exact) mass is 220 g/mol. The first-order valence-corrected chi connectivity index (χ1v) is 5.58. The smallest absolute Gasteiger partial charge is 0.330 e. The molecule has 1 aliphatic heterocycles. The van der Waals surface area contributed by atoms with Crippen molar-refractivity contribution in [1.82, 2.24) is 0 Å². The Morgan fingerprint density at radius 2 is 2.25 bits per heavy atom. The Morgan fingerprint density at radius 1 is 1.44 bits per heavy atom. The first-order chi connectivity index (χ1) is 7.81. The van der Waals surface area contributed by atoms with Gasteiger partial charge in [-0.05, 0) is 6.42 Å². The van der Waals surface area contributed by atoms with Gasteiger partial charge in [-0.3, -0.25) is 0 Å². The molecule has 2 heteroatoms. The molecule has 1 rings (SSSR count). The SMILES string of the molecule is C=C/C=C\C=C/CCC.O=C1C=CCCO1. The van der Waals surface area contributed by atoms with Gasteiger partial charge in [0.15, 0.2) is 0 Å². The first kappa shape index (κ1) is 14.4. The quantitative estimate of drug-likeness (QED) is 0.534. The summed E-state index contributed by atoms with van der Waals surface area (Å²) in [6.45, 7) is 6.28. The summed E-state index contributed by atoms with van der Waals surface area (Å²) < 4.78 is 4.55. The predicted octanol–water partition coefficient (Wildman–Crippen LogP) is 3.57. The van der Waals surface area contributed by atoms with Crippen molar-refractivity contribution < 1.29 is 9.53 Å². The van der Waals surface area contributed by atoms with Crippen LogP contribution in [0.4, 0.5) is 0 Å². The van der Waals surface area contributed by atoms with E-state index in [9.17, 15) is 4.79 Å². The second-order valence-corrected chi connectivity index (χ2v) is 3.20. The van der Waals surface area contributed by atoms with Gasteiger partial charge in [0.1, 0.15) is 0 Å². The Kier molecular flexibility index (Phi) is 10.4. The zero-order valence-corrected chi connectivity index (χ0v) is 9.89. The van der Waals surface area contributed by atoms with E-state index in [0.29, 0.717) is 6.61 Å². The van der Waals surface area contributed by atoms with E-state index in [1.54, 1.807) is 6.08 Å². The Labute approximate surface area is 98.0 Å². The molecule has 0 saturated carbocycles. The van der Waals surface area contributed by atoms with Crippen LogP contribution in [0.5, 0.6) is 0 Å². The van der Waals surface area contributed by atoms with Crippen LogP contribution in [0.15, 0.2) is 49.1 Å². The summed E-state index contributed by atoms with van der Waals surface area (Å²) >= 11 is 0. The van der Waals surface area contributed by atoms with E-state index < -0.39 is 0 Å². The maximum atomic E-state index is 10.2. The molecule has 16 heavy (non-hydrogen) atoms. The van der Waals surface area contributed by atoms with Crippen molar-refractivity contribution in [3.63, 3.8) is 0 Å². The average molecular weight is 220 g/mol. The van der Waals surface area contributed by atoms with Crippen molar-refractivity contribution in [2.75, 3.05) is 6.61 Å². The summed E-state index contributed by atoms with van der Waals surface area (Å²) in [5.74, 6) is -0.216. The van der Waals surface area contributed by atoms with Gasteiger partial charge in [-0.15, -0.1) is 0 Å². The van der Waals surface area contributed by atoms with Crippen LogP contribution in [0.1, 0.15) is 26.2 Å². The standard InChI is InChI=1S/C9H14.C5H6O2/c1-3-5-7-9-8-6-4-2;6-5-3-1-2-4-7-5/h3,5,7-9H,1,4,6H2,2H3;1,3H,2,4H2/b7-5-,9-8-;. The topological polar surface area (TPSA) is 26.3 Å². The number of rotatable bonds is 4. The summed E-state index contributed by atoms with van der Waals surface area (Å²) in [5, 5.41) is 0. The summed E-state index contributed by atoms with van der Waals surface area (Å²) in [4.78, 5) is 10.2. The molecule has 0 aromatic carbocycles. The number of allylic oxidation sites excluding steroid dienone is 5. The normalized spacial score (nSPS) is 14.7. The van der Waals surface area contributed by atoms with Crippen molar-refractivity contribution >= 4 is 5.97 Å². The molecule has 1 aliphatic rings. The fraction of sp³-hybridized carbons (Fsp3) is 0.357. The zero-order chi connectivity index (χ0) is 12.1. The molecule has 0 saturated heterocycles. The van der Waals surface area contributed by atoms with Gasteiger partial charge in [0.05, 0.1) is 6.61 Å². The highest BCUT2D eigenvalue weighted by Gasteiger charge is 1.98. The van der Waals surface area contributed by atoms with E-state index in [2.05, 4.69) is 24.3 Å². The van der Waals surface area contributed by atoms with Gasteiger partial charge in [0, 0.05) is 12.5 Å². The molecule has 2 nitrogen and oxygen atoms in total. The lowest BCUT2D eigenvalue weighted by Crippen LogP contribution is -2.05. The van der Waals surface area contributed by atoms with Crippen molar-refractivity contribution in [2.45, 2.75) is 26.2 Å². The summed E-state index contributed by atoms with van der Waals surface area (Å²) in [7, 11) is 0. The van der Waals surface area contributed by atoms with Crippen LogP contribution < -0.4 is 0 Å². The van der Waals surface area contributed by atoms with Crippen LogP contribution >= 0.6 is 0 Å². The fourth-order valence-electron chi connectivity index (χ4n) is 0.939. The summed E-state index contributed by atoms with van der Waals surface area (Å²) in [6, 6.07) is 0. The minimum Gasteiger partial charge on any atom is -0.462 e. The van der Waals surface area contributed by atoms with Crippen LogP contribution in [-0.2, 0) is 9.53 Å². The third kappa shape index (κ3) is 10.5. The number of unbranched alkanes of at least 4 members (excludes halogenated alkanes) is 1. The van der Waals surface area contributed by atoms with Crippen LogP contribution in [0, 0.1) is 0 Å². The van der Waals surface area contributed by atoms with Gasteiger partial charge in [-0.1, -0.05) is 56.4 Å². The average Bonchev–Trinajstić information content (AvgIpc) is 2.31. The molecule has 1 heterocycles. The van der Waals surface area contributed by atoms with Crippen LogP contribution in [0.3, 0.4) is 0 Å². The molecule has 0 amide bonds. The van der Waals surface area contributed by atoms with Gasteiger partial charge in [0.2, 0.25) is 0 Å². The van der Waals surface area contributed by atoms with E-state index >= 15 is 0 Å². The maximum Gasteiger partial charge on any atom is 0.330 e. The Morgan fingerprint density at radius 3 is 2.69 bits per heavy atom. The molecule has 0 atom stereocenters. The molecule has 0 aliphatic carbocycles. The van der Waals surface area contributed by atoms with Crippen molar-refractivity contribution in [3.8, 4) is 0 Å². The highest BCUT2D eigenvalue weighted by atomic mass is 16.5. The molecule has 0 aromatic rings. The van der Waals surface area contributed by atoms with Gasteiger partial charge >= 0.3 is 5.97 Å². The Bertz CT molecular complexity index is 272. The second kappa shape index (κ2) is 11.5. The third-order valence-electron chi connectivity index (χ3n) is 1.73. The van der Waals surface area contributed by atoms with E-state index in [1.807, 2.05) is 24.3 Å². The molecule has 0 unspecified atom stereocenters. The van der Waals surface area contributed by atoms with Gasteiger partial charge in [0.25, 0.3) is 0 Å². The minimum atomic E-state index is -0.216. The number of hydrogen-bond acceptors (Lipinski definition) is 2. The summed E-state index contributed by atoms with van der Waals surface area (Å²) in [6.07, 6.45) is 16.4. The van der Waals surface area contributed by atoms with Crippen LogP contribution in [0.25, 0.3) is 0 Å². The number of ether oxygens (including phenoxy) is 1. The zero-order valence-electron chi connectivity index (χ0n) is 9.89. The van der Waals surface area contributed by atoms with Crippen LogP contribution in [0.2, 0.25) is 0 Å². The van der Waals surface area contributed by atoms with E-state index in [1.165, 1.54) is 18.9 Å². The van der Waals surface area contributed by atoms with Gasteiger partial charge in [-0.2, -0.15) is 0 Å². The second-order valence-electron chi connectivity index (χ2n) is 3.20. The number of esters is 1. The molecule has 0 radical (unpaired) electrons. The van der Waals surface area contributed by atoms with E-state index in [0.717, 1.165) is 6.42 Å². The first-order valence-electron chi connectivity index (χ1n) is 5.58. The Balaban J connectivity index is 0.000000288. The predicted molar refractivity (Wildman–Crippen MR) is 68.1 cm³/mol. The fourth-order valence-corrected chi connectivity index (χ4v) is 0.939. The molecular formula is C14H20O2. The molecule has 88 valence electrons. The van der Waals surface area contributed by atoms with E-state index in [4.69, 9.17) is 0 Å². The third-order valence-corrected chi connectivity index (χ3v) is 1.73. The number of carbonyl (C=O) groups excluding carboxylic acids is 1. The highest BCUT2D eigenvalue weighted by molar-refractivity contribution is 5.82. The lowest BCUT2D eigenvalue weighted by Gasteiger charge is -2.01. The summed E-state index contributed by atoms with van der Waals surface area (Å²) in [5.41, 5.74) is 0. The van der Waals surface area contributed by atoms with Gasteiger partial charge in [-0.25, -0.2) is 4.79 Å². The molecule has 0 aromatic heterocycles. The minimum absolute atomic E-state index is 0.216.